The van der Waals surface area contributed by atoms with Crippen LogP contribution in [-0.4, -0.2) is 22.0 Å². The van der Waals surface area contributed by atoms with Crippen LogP contribution in [0.2, 0.25) is 0 Å². The zero-order chi connectivity index (χ0) is 21.1. The fraction of sp³-hybridized carbons (Fsp3) is 0.333. The normalized spacial score (nSPS) is 10.8. The van der Waals surface area contributed by atoms with Crippen molar-refractivity contribution in [2.24, 2.45) is 0 Å². The molecule has 0 unspecified atom stereocenters. The van der Waals surface area contributed by atoms with Crippen molar-refractivity contribution >= 4 is 34.0 Å². The number of rotatable bonds is 6. The summed E-state index contributed by atoms with van der Waals surface area (Å²) >= 11 is 1.33. The predicted octanol–water partition coefficient (Wildman–Crippen LogP) is 4.66. The minimum atomic E-state index is -0.492. The monoisotopic (exact) mass is 413 g/mol. The van der Waals surface area contributed by atoms with Gasteiger partial charge in [0.05, 0.1) is 17.1 Å². The summed E-state index contributed by atoms with van der Waals surface area (Å²) in [6.45, 7) is 9.05. The topological polar surface area (TPSA) is 85.5 Å². The molecule has 0 bridgehead atoms. The molecule has 1 aromatic carbocycles. The Labute approximate surface area is 173 Å². The van der Waals surface area contributed by atoms with E-state index in [-0.39, 0.29) is 12.5 Å². The Morgan fingerprint density at radius 1 is 1.24 bits per heavy atom. The lowest BCUT2D eigenvalue weighted by molar-refractivity contribution is -0.115. The van der Waals surface area contributed by atoms with Crippen LogP contribution in [-0.2, 0) is 22.6 Å². The molecule has 0 radical (unpaired) electrons. The first-order valence-electron chi connectivity index (χ1n) is 9.27. The van der Waals surface area contributed by atoms with Gasteiger partial charge in [0.25, 0.3) is 0 Å². The van der Waals surface area contributed by atoms with Crippen molar-refractivity contribution in [3.8, 4) is 0 Å². The van der Waals surface area contributed by atoms with Gasteiger partial charge in [-0.25, -0.2) is 9.78 Å². The van der Waals surface area contributed by atoms with Gasteiger partial charge in [0.1, 0.15) is 17.9 Å². The van der Waals surface area contributed by atoms with Crippen molar-refractivity contribution in [3.05, 3.63) is 57.4 Å². The molecule has 3 aromatic rings. The number of anilines is 2. The molecule has 2 aromatic heterocycles. The number of nitrogens with zero attached hydrogens (tertiary/aromatic N) is 3. The summed E-state index contributed by atoms with van der Waals surface area (Å²) in [5, 5.41) is 6.19. The summed E-state index contributed by atoms with van der Waals surface area (Å²) in [5.74, 6) is -0.194. The Hall–Kier alpha value is -3.00. The number of aromatic nitrogens is 2. The Bertz CT molecular complexity index is 1050. The third-order valence-corrected chi connectivity index (χ3v) is 5.56. The summed E-state index contributed by atoms with van der Waals surface area (Å²) in [5.41, 5.74) is 4.41. The zero-order valence-electron chi connectivity index (χ0n) is 17.1. The van der Waals surface area contributed by atoms with Crippen LogP contribution < -0.4 is 4.90 Å². The van der Waals surface area contributed by atoms with Gasteiger partial charge in [-0.05, 0) is 44.4 Å². The van der Waals surface area contributed by atoms with Gasteiger partial charge >= 0.3 is 5.97 Å². The number of hydrogen-bond acceptors (Lipinski definition) is 7. The van der Waals surface area contributed by atoms with E-state index in [9.17, 15) is 9.59 Å². The molecule has 152 valence electrons. The molecule has 0 aliphatic carbocycles. The van der Waals surface area contributed by atoms with Crippen LogP contribution in [0.3, 0.4) is 0 Å². The van der Waals surface area contributed by atoms with Crippen LogP contribution in [0.15, 0.2) is 28.1 Å². The van der Waals surface area contributed by atoms with E-state index in [4.69, 9.17) is 9.26 Å². The maximum absolute atomic E-state index is 12.4. The minimum absolute atomic E-state index is 0.00164. The third kappa shape index (κ3) is 4.22. The number of esters is 1. The van der Waals surface area contributed by atoms with Crippen LogP contribution >= 0.6 is 11.3 Å². The van der Waals surface area contributed by atoms with Crippen LogP contribution in [0.1, 0.15) is 52.5 Å². The summed E-state index contributed by atoms with van der Waals surface area (Å²) in [4.78, 5) is 30.8. The van der Waals surface area contributed by atoms with Gasteiger partial charge in [-0.2, -0.15) is 0 Å². The maximum Gasteiger partial charge on any atom is 0.344 e. The summed E-state index contributed by atoms with van der Waals surface area (Å²) in [7, 11) is 0. The number of amides is 1. The Kier molecular flexibility index (Phi) is 6.12. The van der Waals surface area contributed by atoms with E-state index in [1.54, 1.807) is 17.2 Å². The molecule has 0 aliphatic heterocycles. The molecule has 2 heterocycles. The SMILES string of the molecule is CCc1noc(C)c1C(=O)OCc1csc(N(C(C)=O)c2cccc(C)c2C)n1. The van der Waals surface area contributed by atoms with E-state index in [1.165, 1.54) is 18.3 Å². The van der Waals surface area contributed by atoms with Gasteiger partial charge in [-0.3, -0.25) is 9.69 Å². The molecule has 3 rings (SSSR count). The molecule has 0 saturated heterocycles. The number of carbonyl (C=O) groups excluding carboxylic acids is 2. The summed E-state index contributed by atoms with van der Waals surface area (Å²) in [6, 6.07) is 5.81. The van der Waals surface area contributed by atoms with Crippen LogP contribution in [0, 0.1) is 20.8 Å². The number of benzene rings is 1. The zero-order valence-corrected chi connectivity index (χ0v) is 17.9. The molecule has 1 amide bonds. The second kappa shape index (κ2) is 8.57. The fourth-order valence-corrected chi connectivity index (χ4v) is 3.85. The Morgan fingerprint density at radius 2 is 2.00 bits per heavy atom. The third-order valence-electron chi connectivity index (χ3n) is 4.69. The number of aryl methyl sites for hydroxylation is 3. The maximum atomic E-state index is 12.4. The molecule has 0 spiro atoms. The highest BCUT2D eigenvalue weighted by Gasteiger charge is 2.23. The summed E-state index contributed by atoms with van der Waals surface area (Å²) < 4.78 is 10.5. The average molecular weight is 413 g/mol. The Morgan fingerprint density at radius 3 is 2.69 bits per heavy atom. The van der Waals surface area contributed by atoms with Crippen molar-refractivity contribution in [1.29, 1.82) is 0 Å². The largest absolute Gasteiger partial charge is 0.455 e. The first-order valence-corrected chi connectivity index (χ1v) is 10.1. The molecular weight excluding hydrogens is 390 g/mol. The van der Waals surface area contributed by atoms with Crippen molar-refractivity contribution in [2.75, 3.05) is 4.90 Å². The first kappa shape index (κ1) is 20.7. The molecule has 0 atom stereocenters. The molecule has 7 nitrogen and oxygen atoms in total. The molecular formula is C21H23N3O4S. The van der Waals surface area contributed by atoms with Gasteiger partial charge in [0, 0.05) is 12.3 Å². The van der Waals surface area contributed by atoms with Gasteiger partial charge in [-0.15, -0.1) is 11.3 Å². The standard InChI is InChI=1S/C21H23N3O4S/c1-6-17-19(14(4)28-23-17)20(26)27-10-16-11-29-21(22-16)24(15(5)25)18-9-7-8-12(2)13(18)3/h7-9,11H,6,10H2,1-5H3. The molecule has 0 fully saturated rings. The predicted molar refractivity (Wildman–Crippen MR) is 111 cm³/mol. The second-order valence-electron chi connectivity index (χ2n) is 6.69. The quantitative estimate of drug-likeness (QED) is 0.546. The van der Waals surface area contributed by atoms with Crippen molar-refractivity contribution < 1.29 is 18.8 Å². The van der Waals surface area contributed by atoms with E-state index in [0.29, 0.717) is 34.3 Å². The van der Waals surface area contributed by atoms with Crippen LogP contribution in [0.4, 0.5) is 10.8 Å². The van der Waals surface area contributed by atoms with Crippen molar-refractivity contribution in [2.45, 2.75) is 47.6 Å². The molecule has 8 heteroatoms. The van der Waals surface area contributed by atoms with Crippen LogP contribution in [0.5, 0.6) is 0 Å². The lowest BCUT2D eigenvalue weighted by Crippen LogP contribution is -2.23. The van der Waals surface area contributed by atoms with E-state index in [0.717, 1.165) is 16.8 Å². The van der Waals surface area contributed by atoms with Gasteiger partial charge < -0.3 is 9.26 Å². The van der Waals surface area contributed by atoms with Gasteiger partial charge in [0.2, 0.25) is 5.91 Å². The van der Waals surface area contributed by atoms with Gasteiger partial charge in [-0.1, -0.05) is 24.2 Å². The lowest BCUT2D eigenvalue weighted by Gasteiger charge is -2.21. The number of ether oxygens (including phenoxy) is 1. The van der Waals surface area contributed by atoms with E-state index < -0.39 is 5.97 Å². The Balaban J connectivity index is 1.79. The molecule has 29 heavy (non-hydrogen) atoms. The highest BCUT2D eigenvalue weighted by atomic mass is 32.1. The number of carbonyl (C=O) groups is 2. The molecule has 0 aliphatic rings. The van der Waals surface area contributed by atoms with Crippen molar-refractivity contribution in [1.82, 2.24) is 10.1 Å². The first-order chi connectivity index (χ1) is 13.8. The second-order valence-corrected chi connectivity index (χ2v) is 7.52. The van der Waals surface area contributed by atoms with Crippen molar-refractivity contribution in [3.63, 3.8) is 0 Å². The average Bonchev–Trinajstić information content (AvgIpc) is 3.29. The molecule has 0 saturated carbocycles. The smallest absolute Gasteiger partial charge is 0.344 e. The highest BCUT2D eigenvalue weighted by Crippen LogP contribution is 2.32. The fourth-order valence-electron chi connectivity index (χ4n) is 2.98. The highest BCUT2D eigenvalue weighted by molar-refractivity contribution is 7.14. The minimum Gasteiger partial charge on any atom is -0.455 e. The van der Waals surface area contributed by atoms with E-state index >= 15 is 0 Å². The molecule has 0 N–H and O–H groups in total. The summed E-state index contributed by atoms with van der Waals surface area (Å²) in [6.07, 6.45) is 0.575. The number of hydrogen-bond donors (Lipinski definition) is 0. The van der Waals surface area contributed by atoms with E-state index in [2.05, 4.69) is 10.1 Å². The lowest BCUT2D eigenvalue weighted by atomic mass is 10.1. The van der Waals surface area contributed by atoms with Crippen LogP contribution in [0.25, 0.3) is 0 Å². The number of thiazole rings is 1. The van der Waals surface area contributed by atoms with E-state index in [1.807, 2.05) is 39.0 Å². The van der Waals surface area contributed by atoms with Gasteiger partial charge in [0.15, 0.2) is 5.13 Å².